The Labute approximate surface area is 109 Å². The quantitative estimate of drug-likeness (QED) is 0.873. The van der Waals surface area contributed by atoms with E-state index in [-0.39, 0.29) is 6.10 Å². The van der Waals surface area contributed by atoms with Crippen molar-refractivity contribution in [3.05, 3.63) is 35.4 Å². The van der Waals surface area contributed by atoms with Gasteiger partial charge in [0.15, 0.2) is 0 Å². The first-order valence-corrected chi connectivity index (χ1v) is 6.63. The third kappa shape index (κ3) is 3.80. The van der Waals surface area contributed by atoms with E-state index in [1.807, 2.05) is 24.3 Å². The van der Waals surface area contributed by atoms with Gasteiger partial charge < -0.3 is 14.6 Å². The van der Waals surface area contributed by atoms with E-state index in [1.54, 1.807) is 7.11 Å². The smallest absolute Gasteiger partial charge is 0.0792 e. The molecule has 0 amide bonds. The van der Waals surface area contributed by atoms with Crippen molar-refractivity contribution in [2.75, 3.05) is 20.3 Å². The monoisotopic (exact) mass is 250 g/mol. The number of ether oxygens (including phenoxy) is 2. The summed E-state index contributed by atoms with van der Waals surface area (Å²) in [7, 11) is 1.69. The molecule has 1 aromatic carbocycles. The van der Waals surface area contributed by atoms with E-state index < -0.39 is 0 Å². The molecule has 3 heteroatoms. The second-order valence-corrected chi connectivity index (χ2v) is 4.98. The zero-order chi connectivity index (χ0) is 12.8. The van der Waals surface area contributed by atoms with Crippen LogP contribution in [0.1, 0.15) is 36.5 Å². The molecular formula is C15H22O3. The average molecular weight is 250 g/mol. The molecule has 0 aliphatic carbocycles. The summed E-state index contributed by atoms with van der Waals surface area (Å²) in [5.74, 6) is 0.590. The maximum absolute atomic E-state index is 10.2. The molecule has 3 nitrogen and oxygen atoms in total. The lowest BCUT2D eigenvalue weighted by Crippen LogP contribution is -2.18. The molecule has 1 N–H and O–H groups in total. The van der Waals surface area contributed by atoms with Gasteiger partial charge >= 0.3 is 0 Å². The van der Waals surface area contributed by atoms with Crippen LogP contribution in [0, 0.1) is 5.92 Å². The zero-order valence-electron chi connectivity index (χ0n) is 11.0. The van der Waals surface area contributed by atoms with Crippen LogP contribution in [0.3, 0.4) is 0 Å². The molecule has 0 bridgehead atoms. The Balaban J connectivity index is 1.89. The highest BCUT2D eigenvalue weighted by atomic mass is 16.5. The molecule has 1 fully saturated rings. The number of hydrogen-bond acceptors (Lipinski definition) is 3. The number of methoxy groups -OCH3 is 1. The van der Waals surface area contributed by atoms with Gasteiger partial charge in [0.25, 0.3) is 0 Å². The molecule has 1 aromatic rings. The van der Waals surface area contributed by atoms with Crippen molar-refractivity contribution in [1.82, 2.24) is 0 Å². The van der Waals surface area contributed by atoms with Gasteiger partial charge in [-0.05, 0) is 36.3 Å². The van der Waals surface area contributed by atoms with Crippen molar-refractivity contribution in [3.63, 3.8) is 0 Å². The highest BCUT2D eigenvalue weighted by molar-refractivity contribution is 5.23. The van der Waals surface area contributed by atoms with Crippen molar-refractivity contribution >= 4 is 0 Å². The minimum atomic E-state index is -0.357. The van der Waals surface area contributed by atoms with Crippen molar-refractivity contribution in [1.29, 1.82) is 0 Å². The average Bonchev–Trinajstić information content (AvgIpc) is 2.41. The zero-order valence-corrected chi connectivity index (χ0v) is 11.0. The van der Waals surface area contributed by atoms with Crippen LogP contribution in [-0.2, 0) is 16.1 Å². The molecule has 0 radical (unpaired) electrons. The van der Waals surface area contributed by atoms with Crippen LogP contribution in [0.2, 0.25) is 0 Å². The molecule has 1 atom stereocenters. The molecule has 1 saturated heterocycles. The minimum absolute atomic E-state index is 0.357. The summed E-state index contributed by atoms with van der Waals surface area (Å²) in [6.07, 6.45) is 2.62. The van der Waals surface area contributed by atoms with Crippen LogP contribution >= 0.6 is 0 Å². The van der Waals surface area contributed by atoms with E-state index in [0.717, 1.165) is 43.6 Å². The van der Waals surface area contributed by atoms with Crippen molar-refractivity contribution in [3.8, 4) is 0 Å². The summed E-state index contributed by atoms with van der Waals surface area (Å²) in [6.45, 7) is 2.30. The predicted octanol–water partition coefficient (Wildman–Crippen LogP) is 2.68. The Bertz CT molecular complexity index is 341. The number of hydrogen-bond donors (Lipinski definition) is 1. The fraction of sp³-hybridized carbons (Fsp3) is 0.600. The topological polar surface area (TPSA) is 38.7 Å². The van der Waals surface area contributed by atoms with Crippen LogP contribution in [0.25, 0.3) is 0 Å². The van der Waals surface area contributed by atoms with Gasteiger partial charge in [-0.3, -0.25) is 0 Å². The van der Waals surface area contributed by atoms with Gasteiger partial charge in [0.2, 0.25) is 0 Å². The Morgan fingerprint density at radius 3 is 2.56 bits per heavy atom. The van der Waals surface area contributed by atoms with E-state index in [4.69, 9.17) is 9.47 Å². The van der Waals surface area contributed by atoms with Gasteiger partial charge in [0.05, 0.1) is 12.7 Å². The van der Waals surface area contributed by atoms with Crippen LogP contribution < -0.4 is 0 Å². The van der Waals surface area contributed by atoms with Gasteiger partial charge in [-0.25, -0.2) is 0 Å². The van der Waals surface area contributed by atoms with Crippen molar-refractivity contribution < 1.29 is 14.6 Å². The highest BCUT2D eigenvalue weighted by Gasteiger charge is 2.18. The maximum Gasteiger partial charge on any atom is 0.0792 e. The van der Waals surface area contributed by atoms with Gasteiger partial charge in [-0.2, -0.15) is 0 Å². The Hall–Kier alpha value is -0.900. The molecule has 2 rings (SSSR count). The van der Waals surface area contributed by atoms with Gasteiger partial charge in [-0.1, -0.05) is 24.3 Å². The maximum atomic E-state index is 10.2. The summed E-state index contributed by atoms with van der Waals surface area (Å²) >= 11 is 0. The van der Waals surface area contributed by atoms with Gasteiger partial charge in [0.1, 0.15) is 0 Å². The second kappa shape index (κ2) is 6.88. The lowest BCUT2D eigenvalue weighted by Gasteiger charge is -2.24. The molecule has 1 aliphatic heterocycles. The molecule has 100 valence electrons. The van der Waals surface area contributed by atoms with E-state index >= 15 is 0 Å². The molecule has 1 aliphatic rings. The fourth-order valence-corrected chi connectivity index (χ4v) is 2.44. The standard InChI is InChI=1S/C15H22O3/c1-17-11-13-2-4-14(5-3-13)15(16)10-12-6-8-18-9-7-12/h2-5,12,15-16H,6-11H2,1H3. The fourth-order valence-electron chi connectivity index (χ4n) is 2.44. The Morgan fingerprint density at radius 1 is 1.28 bits per heavy atom. The largest absolute Gasteiger partial charge is 0.388 e. The molecule has 1 heterocycles. The minimum Gasteiger partial charge on any atom is -0.388 e. The lowest BCUT2D eigenvalue weighted by molar-refractivity contribution is 0.0435. The van der Waals surface area contributed by atoms with Gasteiger partial charge in [-0.15, -0.1) is 0 Å². The van der Waals surface area contributed by atoms with E-state index in [9.17, 15) is 5.11 Å². The van der Waals surface area contributed by atoms with E-state index in [0.29, 0.717) is 12.5 Å². The highest BCUT2D eigenvalue weighted by Crippen LogP contribution is 2.27. The van der Waals surface area contributed by atoms with E-state index in [2.05, 4.69) is 0 Å². The van der Waals surface area contributed by atoms with E-state index in [1.165, 1.54) is 0 Å². The predicted molar refractivity (Wildman–Crippen MR) is 70.3 cm³/mol. The molecule has 0 spiro atoms. The number of aliphatic hydroxyl groups excluding tert-OH is 1. The Kier molecular flexibility index (Phi) is 5.17. The third-order valence-electron chi connectivity index (χ3n) is 3.57. The first-order chi connectivity index (χ1) is 8.79. The molecular weight excluding hydrogens is 228 g/mol. The SMILES string of the molecule is COCc1ccc(C(O)CC2CCOCC2)cc1. The molecule has 0 saturated carbocycles. The second-order valence-electron chi connectivity index (χ2n) is 4.98. The summed E-state index contributed by atoms with van der Waals surface area (Å²) in [6, 6.07) is 8.04. The van der Waals surface area contributed by atoms with Crippen LogP contribution in [0.5, 0.6) is 0 Å². The normalized spacial score (nSPS) is 18.8. The van der Waals surface area contributed by atoms with Crippen LogP contribution in [-0.4, -0.2) is 25.4 Å². The first-order valence-electron chi connectivity index (χ1n) is 6.63. The summed E-state index contributed by atoms with van der Waals surface area (Å²) in [5, 5.41) is 10.2. The lowest BCUT2D eigenvalue weighted by atomic mass is 9.91. The summed E-state index contributed by atoms with van der Waals surface area (Å²) in [4.78, 5) is 0. The molecule has 1 unspecified atom stereocenters. The molecule has 0 aromatic heterocycles. The number of benzene rings is 1. The van der Waals surface area contributed by atoms with Gasteiger partial charge in [0, 0.05) is 20.3 Å². The first kappa shape index (κ1) is 13.5. The summed E-state index contributed by atoms with van der Waals surface area (Å²) in [5.41, 5.74) is 2.14. The van der Waals surface area contributed by atoms with Crippen molar-refractivity contribution in [2.45, 2.75) is 32.0 Å². The Morgan fingerprint density at radius 2 is 1.94 bits per heavy atom. The van der Waals surface area contributed by atoms with Crippen molar-refractivity contribution in [2.24, 2.45) is 5.92 Å². The summed E-state index contributed by atoms with van der Waals surface area (Å²) < 4.78 is 10.4. The molecule has 18 heavy (non-hydrogen) atoms. The third-order valence-corrected chi connectivity index (χ3v) is 3.57. The van der Waals surface area contributed by atoms with Crippen LogP contribution in [0.4, 0.5) is 0 Å². The number of aliphatic hydroxyl groups is 1. The number of rotatable bonds is 5. The van der Waals surface area contributed by atoms with Crippen LogP contribution in [0.15, 0.2) is 24.3 Å².